The van der Waals surface area contributed by atoms with E-state index in [1.54, 1.807) is 0 Å². The summed E-state index contributed by atoms with van der Waals surface area (Å²) in [6.07, 6.45) is 13.2. The van der Waals surface area contributed by atoms with Crippen molar-refractivity contribution in [1.82, 2.24) is 10.6 Å². The maximum Gasteiger partial charge on any atom is 0.311 e. The molecule has 3 unspecified atom stereocenters. The molecule has 3 atom stereocenters. The van der Waals surface area contributed by atoms with Crippen LogP contribution in [0.3, 0.4) is 0 Å². The van der Waals surface area contributed by atoms with E-state index in [1.165, 1.54) is 0 Å². The minimum absolute atomic E-state index is 0.0115. The number of esters is 1. The Morgan fingerprint density at radius 1 is 0.775 bits per heavy atom. The largest absolute Gasteiger partial charge is 0.462 e. The van der Waals surface area contributed by atoms with E-state index >= 15 is 0 Å². The van der Waals surface area contributed by atoms with Crippen LogP contribution in [-0.4, -0.2) is 64.4 Å². The second-order valence-corrected chi connectivity index (χ2v) is 16.0. The first-order chi connectivity index (χ1) is 18.5. The summed E-state index contributed by atoms with van der Waals surface area (Å²) in [7, 11) is 0. The van der Waals surface area contributed by atoms with Gasteiger partial charge in [0.15, 0.2) is 6.29 Å². The molecule has 3 saturated heterocycles. The first-order valence-corrected chi connectivity index (χ1v) is 15.9. The van der Waals surface area contributed by atoms with E-state index in [2.05, 4.69) is 78.2 Å². The van der Waals surface area contributed by atoms with Gasteiger partial charge in [0, 0.05) is 40.9 Å². The van der Waals surface area contributed by atoms with Crippen LogP contribution in [0.25, 0.3) is 0 Å². The lowest BCUT2D eigenvalue weighted by Crippen LogP contribution is -2.60. The highest BCUT2D eigenvalue weighted by Crippen LogP contribution is 2.36. The molecule has 1 saturated carbocycles. The lowest BCUT2D eigenvalue weighted by Gasteiger charge is -2.47. The fourth-order valence-electron chi connectivity index (χ4n) is 8.22. The SMILES string of the molecule is CC1(C)CC(OC(=O)C2CCC(/C=C/C3CCC(C(O)OC4CC(C)(C)NC(C)(C)C4)CC3)OC2)CC(C)(C)N1. The summed E-state index contributed by atoms with van der Waals surface area (Å²) in [4.78, 5) is 12.9. The second kappa shape index (κ2) is 12.3. The summed E-state index contributed by atoms with van der Waals surface area (Å²) in [5.74, 6) is 0.452. The molecule has 4 rings (SSSR count). The van der Waals surface area contributed by atoms with E-state index in [4.69, 9.17) is 14.2 Å². The van der Waals surface area contributed by atoms with Crippen LogP contribution in [-0.2, 0) is 19.0 Å². The maximum atomic E-state index is 12.9. The molecule has 3 aliphatic heterocycles. The third-order valence-electron chi connectivity index (χ3n) is 9.38. The van der Waals surface area contributed by atoms with E-state index in [-0.39, 0.29) is 58.3 Å². The molecule has 0 spiro atoms. The number of carbonyl (C=O) groups excluding carboxylic acids is 1. The Balaban J connectivity index is 1.15. The van der Waals surface area contributed by atoms with Crippen molar-refractivity contribution in [1.29, 1.82) is 0 Å². The Morgan fingerprint density at radius 2 is 1.30 bits per heavy atom. The van der Waals surface area contributed by atoms with Crippen LogP contribution in [0.1, 0.15) is 120 Å². The predicted octanol–water partition coefficient (Wildman–Crippen LogP) is 5.64. The van der Waals surface area contributed by atoms with Gasteiger partial charge in [-0.2, -0.15) is 0 Å². The van der Waals surface area contributed by atoms with Gasteiger partial charge in [-0.25, -0.2) is 0 Å². The highest BCUT2D eigenvalue weighted by Gasteiger charge is 2.41. The molecule has 40 heavy (non-hydrogen) atoms. The number of carbonyl (C=O) groups is 1. The zero-order chi connectivity index (χ0) is 29.3. The predicted molar refractivity (Wildman–Crippen MR) is 159 cm³/mol. The smallest absolute Gasteiger partial charge is 0.311 e. The normalized spacial score (nSPS) is 35.3. The Bertz CT molecular complexity index is 849. The first kappa shape index (κ1) is 31.9. The van der Waals surface area contributed by atoms with Crippen molar-refractivity contribution >= 4 is 5.97 Å². The van der Waals surface area contributed by atoms with E-state index in [9.17, 15) is 9.90 Å². The van der Waals surface area contributed by atoms with Gasteiger partial charge in [-0.3, -0.25) is 4.79 Å². The highest BCUT2D eigenvalue weighted by atomic mass is 16.6. The standard InChI is InChI=1S/C33H58N2O5/c1-30(2)17-26(18-31(3,4)34-30)39-28(36)23-12-9-22(10-13-23)11-15-25-16-14-24(21-38-25)29(37)40-27-19-32(5,6)35-33(7,8)20-27/h11,15,22-28,34-36H,9-10,12-14,16-21H2,1-8H3/b15-11+. The van der Waals surface area contributed by atoms with Crippen LogP contribution in [0, 0.1) is 17.8 Å². The molecule has 4 aliphatic rings. The minimum atomic E-state index is -0.681. The molecular weight excluding hydrogens is 504 g/mol. The van der Waals surface area contributed by atoms with Gasteiger partial charge in [0.25, 0.3) is 0 Å². The number of allylic oxidation sites excluding steroid dienone is 1. The number of piperidine rings is 2. The molecule has 3 N–H and O–H groups in total. The molecule has 0 aromatic rings. The number of rotatable bonds is 7. The quantitative estimate of drug-likeness (QED) is 0.210. The average molecular weight is 563 g/mol. The molecule has 0 aromatic heterocycles. The first-order valence-electron chi connectivity index (χ1n) is 15.9. The maximum absolute atomic E-state index is 12.9. The molecule has 0 radical (unpaired) electrons. The molecule has 0 bridgehead atoms. The number of aliphatic hydroxyl groups excluding tert-OH is 1. The van der Waals surface area contributed by atoms with E-state index in [1.807, 2.05) is 0 Å². The molecule has 0 aromatic carbocycles. The van der Waals surface area contributed by atoms with E-state index in [0.717, 1.165) is 64.2 Å². The summed E-state index contributed by atoms with van der Waals surface area (Å²) >= 11 is 0. The molecule has 230 valence electrons. The molecule has 3 heterocycles. The molecule has 4 fully saturated rings. The number of nitrogens with one attached hydrogen (secondary N) is 2. The van der Waals surface area contributed by atoms with Crippen LogP contribution in [0.15, 0.2) is 12.2 Å². The highest BCUT2D eigenvalue weighted by molar-refractivity contribution is 5.73. The Hall–Kier alpha value is -0.990. The fraction of sp³-hybridized carbons (Fsp3) is 0.909. The minimum Gasteiger partial charge on any atom is -0.462 e. The van der Waals surface area contributed by atoms with Gasteiger partial charge < -0.3 is 30.0 Å². The van der Waals surface area contributed by atoms with Gasteiger partial charge in [0.2, 0.25) is 0 Å². The zero-order valence-corrected chi connectivity index (χ0v) is 26.6. The number of hydrogen-bond donors (Lipinski definition) is 3. The fourth-order valence-corrected chi connectivity index (χ4v) is 8.22. The van der Waals surface area contributed by atoms with Crippen LogP contribution in [0.4, 0.5) is 0 Å². The Morgan fingerprint density at radius 3 is 1.80 bits per heavy atom. The summed E-state index contributed by atoms with van der Waals surface area (Å²) in [5, 5.41) is 18.2. The van der Waals surface area contributed by atoms with Crippen LogP contribution < -0.4 is 10.6 Å². The van der Waals surface area contributed by atoms with Crippen LogP contribution in [0.5, 0.6) is 0 Å². The molecule has 1 aliphatic carbocycles. The van der Waals surface area contributed by atoms with Gasteiger partial charge in [-0.05, 0) is 113 Å². The Labute approximate surface area is 243 Å². The third kappa shape index (κ3) is 9.26. The van der Waals surface area contributed by atoms with Crippen molar-refractivity contribution in [3.63, 3.8) is 0 Å². The molecular formula is C33H58N2O5. The lowest BCUT2D eigenvalue weighted by molar-refractivity contribution is -0.188. The van der Waals surface area contributed by atoms with Gasteiger partial charge in [-0.15, -0.1) is 0 Å². The summed E-state index contributed by atoms with van der Waals surface area (Å²) in [6.45, 7) is 18.0. The topological polar surface area (TPSA) is 89.1 Å². The number of hydrogen-bond acceptors (Lipinski definition) is 7. The van der Waals surface area contributed by atoms with E-state index in [0.29, 0.717) is 12.5 Å². The lowest BCUT2D eigenvalue weighted by atomic mass is 9.80. The third-order valence-corrected chi connectivity index (χ3v) is 9.38. The van der Waals surface area contributed by atoms with Gasteiger partial charge in [0.05, 0.1) is 24.7 Å². The van der Waals surface area contributed by atoms with Gasteiger partial charge in [0.1, 0.15) is 6.10 Å². The van der Waals surface area contributed by atoms with Crippen molar-refractivity contribution < 1.29 is 24.1 Å². The zero-order valence-electron chi connectivity index (χ0n) is 26.6. The summed E-state index contributed by atoms with van der Waals surface area (Å²) in [5.41, 5.74) is -0.0654. The second-order valence-electron chi connectivity index (χ2n) is 16.0. The molecule has 7 nitrogen and oxygen atoms in total. The van der Waals surface area contributed by atoms with Crippen LogP contribution in [0.2, 0.25) is 0 Å². The van der Waals surface area contributed by atoms with Crippen molar-refractivity contribution in [2.75, 3.05) is 6.61 Å². The van der Waals surface area contributed by atoms with Crippen molar-refractivity contribution in [3.05, 3.63) is 12.2 Å². The van der Waals surface area contributed by atoms with Crippen molar-refractivity contribution in [2.45, 2.75) is 166 Å². The van der Waals surface area contributed by atoms with Crippen LogP contribution >= 0.6 is 0 Å². The van der Waals surface area contributed by atoms with Crippen molar-refractivity contribution in [2.24, 2.45) is 17.8 Å². The Kier molecular flexibility index (Phi) is 9.84. The van der Waals surface area contributed by atoms with Gasteiger partial charge in [-0.1, -0.05) is 12.2 Å². The molecule has 7 heteroatoms. The number of aliphatic hydroxyl groups is 1. The molecule has 0 amide bonds. The monoisotopic (exact) mass is 562 g/mol. The summed E-state index contributed by atoms with van der Waals surface area (Å²) < 4.78 is 18.3. The van der Waals surface area contributed by atoms with E-state index < -0.39 is 6.29 Å². The van der Waals surface area contributed by atoms with Crippen molar-refractivity contribution in [3.8, 4) is 0 Å². The number of ether oxygens (including phenoxy) is 3. The average Bonchev–Trinajstić information content (AvgIpc) is 2.79. The van der Waals surface area contributed by atoms with Gasteiger partial charge >= 0.3 is 5.97 Å². The summed E-state index contributed by atoms with van der Waals surface area (Å²) in [6, 6.07) is 0.